The van der Waals surface area contributed by atoms with Gasteiger partial charge in [0.25, 0.3) is 5.91 Å². The van der Waals surface area contributed by atoms with Crippen molar-refractivity contribution in [1.82, 2.24) is 14.9 Å². The van der Waals surface area contributed by atoms with E-state index in [1.54, 1.807) is 24.4 Å². The Kier molecular flexibility index (Phi) is 6.16. The fraction of sp³-hybridized carbons (Fsp3) is 0.250. The lowest BCUT2D eigenvalue weighted by Gasteiger charge is -2.32. The summed E-state index contributed by atoms with van der Waals surface area (Å²) >= 11 is 1.47. The number of piperidine rings is 1. The molecular formula is C20H22N6O3S2. The highest BCUT2D eigenvalue weighted by atomic mass is 32.2. The van der Waals surface area contributed by atoms with Crippen LogP contribution in [0.5, 0.6) is 0 Å². The fourth-order valence-corrected chi connectivity index (χ4v) is 4.55. The van der Waals surface area contributed by atoms with Gasteiger partial charge in [0, 0.05) is 31.0 Å². The molecule has 1 aliphatic rings. The Morgan fingerprint density at radius 2 is 1.87 bits per heavy atom. The normalized spacial score (nSPS) is 14.9. The van der Waals surface area contributed by atoms with Gasteiger partial charge >= 0.3 is 0 Å². The van der Waals surface area contributed by atoms with Crippen LogP contribution >= 0.6 is 11.3 Å². The molecule has 9 nitrogen and oxygen atoms in total. The summed E-state index contributed by atoms with van der Waals surface area (Å²) < 4.78 is 22.7. The van der Waals surface area contributed by atoms with Crippen LogP contribution in [0, 0.1) is 0 Å². The Bertz CT molecular complexity index is 1140. The number of thiophene rings is 1. The molecular weight excluding hydrogens is 436 g/mol. The Hall–Kier alpha value is -3.02. The first-order chi connectivity index (χ1) is 14.9. The number of primary sulfonamides is 1. The summed E-state index contributed by atoms with van der Waals surface area (Å²) in [4.78, 5) is 23.8. The van der Waals surface area contributed by atoms with Crippen molar-refractivity contribution >= 4 is 44.7 Å². The first kappa shape index (κ1) is 21.2. The van der Waals surface area contributed by atoms with Crippen LogP contribution in [0.1, 0.15) is 22.5 Å². The van der Waals surface area contributed by atoms with Gasteiger partial charge in [-0.05, 0) is 54.6 Å². The van der Waals surface area contributed by atoms with E-state index in [-0.39, 0.29) is 16.8 Å². The van der Waals surface area contributed by atoms with Crippen LogP contribution < -0.4 is 15.8 Å². The molecule has 1 aliphatic heterocycles. The summed E-state index contributed by atoms with van der Waals surface area (Å²) in [7, 11) is -3.73. The van der Waals surface area contributed by atoms with Gasteiger partial charge in [0.05, 0.1) is 9.77 Å². The van der Waals surface area contributed by atoms with Crippen LogP contribution in [0.15, 0.2) is 58.9 Å². The Morgan fingerprint density at radius 1 is 1.13 bits per heavy atom. The van der Waals surface area contributed by atoms with Crippen molar-refractivity contribution in [3.05, 3.63) is 58.9 Å². The lowest BCUT2D eigenvalue weighted by atomic mass is 10.0. The van der Waals surface area contributed by atoms with Crippen molar-refractivity contribution in [2.24, 2.45) is 5.14 Å². The molecule has 0 unspecified atom stereocenters. The molecule has 3 aromatic rings. The second-order valence-corrected chi connectivity index (χ2v) is 9.66. The zero-order valence-electron chi connectivity index (χ0n) is 16.6. The standard InChI is InChI=1S/C20H22N6O3S2/c21-31(28,29)16-5-3-14(4-6-16)24-20-22-10-7-18(25-20)23-15-8-11-26(12-9-15)19(27)17-2-1-13-30-17/h1-7,10,13,15H,8-9,11-12H2,(H2,21,28,29)(H2,22,23,24,25). The largest absolute Gasteiger partial charge is 0.367 e. The first-order valence-electron chi connectivity index (χ1n) is 9.71. The maximum Gasteiger partial charge on any atom is 0.263 e. The predicted octanol–water partition coefficient (Wildman–Crippen LogP) is 2.65. The molecule has 0 radical (unpaired) electrons. The van der Waals surface area contributed by atoms with Gasteiger partial charge in [-0.25, -0.2) is 18.5 Å². The van der Waals surface area contributed by atoms with Crippen LogP contribution in [-0.4, -0.2) is 48.3 Å². The van der Waals surface area contributed by atoms with E-state index in [1.165, 1.54) is 23.5 Å². The van der Waals surface area contributed by atoms with Crippen LogP contribution in [0.3, 0.4) is 0 Å². The predicted molar refractivity (Wildman–Crippen MR) is 120 cm³/mol. The molecule has 0 spiro atoms. The van der Waals surface area contributed by atoms with Gasteiger partial charge in [-0.1, -0.05) is 6.07 Å². The molecule has 11 heteroatoms. The summed E-state index contributed by atoms with van der Waals surface area (Å²) in [6, 6.07) is 11.8. The number of carbonyl (C=O) groups excluding carboxylic acids is 1. The summed E-state index contributed by atoms with van der Waals surface area (Å²) in [5, 5.41) is 13.5. The fourth-order valence-electron chi connectivity index (χ4n) is 3.35. The molecule has 1 saturated heterocycles. The van der Waals surface area contributed by atoms with Crippen LogP contribution in [0.25, 0.3) is 0 Å². The van der Waals surface area contributed by atoms with Crippen LogP contribution in [0.4, 0.5) is 17.5 Å². The molecule has 0 bridgehead atoms. The topological polar surface area (TPSA) is 130 Å². The number of carbonyl (C=O) groups is 1. The van der Waals surface area contributed by atoms with Crippen molar-refractivity contribution in [3.63, 3.8) is 0 Å². The monoisotopic (exact) mass is 458 g/mol. The average Bonchev–Trinajstić information content (AvgIpc) is 3.29. The number of sulfonamides is 1. The second-order valence-electron chi connectivity index (χ2n) is 7.15. The van der Waals surface area contributed by atoms with E-state index in [4.69, 9.17) is 5.14 Å². The third kappa shape index (κ3) is 5.37. The molecule has 31 heavy (non-hydrogen) atoms. The highest BCUT2D eigenvalue weighted by Gasteiger charge is 2.24. The number of anilines is 3. The maximum absolute atomic E-state index is 12.5. The number of nitrogens with one attached hydrogen (secondary N) is 2. The minimum Gasteiger partial charge on any atom is -0.367 e. The molecule has 3 heterocycles. The third-order valence-corrected chi connectivity index (χ3v) is 6.75. The average molecular weight is 459 g/mol. The van der Waals surface area contributed by atoms with Gasteiger partial charge < -0.3 is 15.5 Å². The van der Waals surface area contributed by atoms with Gasteiger partial charge in [-0.3, -0.25) is 4.79 Å². The first-order valence-corrected chi connectivity index (χ1v) is 12.1. The molecule has 1 aromatic carbocycles. The van der Waals surface area contributed by atoms with Gasteiger partial charge in [-0.15, -0.1) is 11.3 Å². The van der Waals surface area contributed by atoms with Gasteiger partial charge in [0.15, 0.2) is 0 Å². The number of hydrogen-bond acceptors (Lipinski definition) is 8. The van der Waals surface area contributed by atoms with Gasteiger partial charge in [0.2, 0.25) is 16.0 Å². The van der Waals surface area contributed by atoms with E-state index in [2.05, 4.69) is 20.6 Å². The summed E-state index contributed by atoms with van der Waals surface area (Å²) in [5.41, 5.74) is 0.643. The number of benzene rings is 1. The molecule has 4 rings (SSSR count). The van der Waals surface area contributed by atoms with Crippen molar-refractivity contribution in [1.29, 1.82) is 0 Å². The van der Waals surface area contributed by atoms with E-state index < -0.39 is 10.0 Å². The number of aromatic nitrogens is 2. The zero-order valence-corrected chi connectivity index (χ0v) is 18.2. The lowest BCUT2D eigenvalue weighted by Crippen LogP contribution is -2.42. The van der Waals surface area contributed by atoms with E-state index in [9.17, 15) is 13.2 Å². The van der Waals surface area contributed by atoms with E-state index in [0.717, 1.165) is 17.7 Å². The van der Waals surface area contributed by atoms with E-state index in [1.807, 2.05) is 22.4 Å². The summed E-state index contributed by atoms with van der Waals surface area (Å²) in [5.74, 6) is 1.16. The number of nitrogens with two attached hydrogens (primary N) is 1. The third-order valence-electron chi connectivity index (χ3n) is 4.96. The van der Waals surface area contributed by atoms with Crippen molar-refractivity contribution < 1.29 is 13.2 Å². The lowest BCUT2D eigenvalue weighted by molar-refractivity contribution is 0.0723. The summed E-state index contributed by atoms with van der Waals surface area (Å²) in [6.07, 6.45) is 3.31. The zero-order chi connectivity index (χ0) is 21.8. The van der Waals surface area contributed by atoms with Gasteiger partial charge in [-0.2, -0.15) is 4.98 Å². The highest BCUT2D eigenvalue weighted by molar-refractivity contribution is 7.89. The van der Waals surface area contributed by atoms with E-state index >= 15 is 0 Å². The molecule has 1 amide bonds. The smallest absolute Gasteiger partial charge is 0.263 e. The van der Waals surface area contributed by atoms with Gasteiger partial charge in [0.1, 0.15) is 5.82 Å². The quantitative estimate of drug-likeness (QED) is 0.518. The Labute approximate surface area is 184 Å². The number of rotatable bonds is 6. The maximum atomic E-state index is 12.5. The molecule has 0 saturated carbocycles. The van der Waals surface area contributed by atoms with Crippen molar-refractivity contribution in [3.8, 4) is 0 Å². The van der Waals surface area contributed by atoms with E-state index in [0.29, 0.717) is 30.5 Å². The van der Waals surface area contributed by atoms with Crippen molar-refractivity contribution in [2.45, 2.75) is 23.8 Å². The molecule has 162 valence electrons. The number of nitrogens with zero attached hydrogens (tertiary/aromatic N) is 3. The highest BCUT2D eigenvalue weighted by Crippen LogP contribution is 2.21. The molecule has 0 aliphatic carbocycles. The number of likely N-dealkylation sites (tertiary alicyclic amines) is 1. The molecule has 4 N–H and O–H groups in total. The SMILES string of the molecule is NS(=O)(=O)c1ccc(Nc2nccc(NC3CCN(C(=O)c4cccs4)CC3)n2)cc1. The van der Waals surface area contributed by atoms with Crippen molar-refractivity contribution in [2.75, 3.05) is 23.7 Å². The molecule has 2 aromatic heterocycles. The Balaban J connectivity index is 1.33. The second kappa shape index (κ2) is 9.00. The van der Waals surface area contributed by atoms with Crippen LogP contribution in [-0.2, 0) is 10.0 Å². The minimum atomic E-state index is -3.73. The number of amides is 1. The number of hydrogen-bond donors (Lipinski definition) is 3. The Morgan fingerprint density at radius 3 is 2.52 bits per heavy atom. The molecule has 0 atom stereocenters. The van der Waals surface area contributed by atoms with Crippen LogP contribution in [0.2, 0.25) is 0 Å². The summed E-state index contributed by atoms with van der Waals surface area (Å²) in [6.45, 7) is 1.39. The molecule has 1 fully saturated rings. The minimum absolute atomic E-state index is 0.0401.